The van der Waals surface area contributed by atoms with Crippen LogP contribution in [-0.4, -0.2) is 30.5 Å². The molecule has 0 aliphatic carbocycles. The molecule has 0 fully saturated rings. The van der Waals surface area contributed by atoms with Gasteiger partial charge in [-0.1, -0.05) is 24.9 Å². The molecular formula is C20H21F2N4O3S2-. The molecule has 2 N–H and O–H groups in total. The number of nitrogens with zero attached hydrogens (tertiary/aromatic N) is 3. The number of aliphatic imine (C=N–C) groups is 1. The van der Waals surface area contributed by atoms with E-state index in [2.05, 4.69) is 15.2 Å². The topological polar surface area (TPSA) is 117 Å². The lowest BCUT2D eigenvalue weighted by atomic mass is 10.0. The molecule has 0 bridgehead atoms. The van der Waals surface area contributed by atoms with Crippen LogP contribution in [0.2, 0.25) is 0 Å². The van der Waals surface area contributed by atoms with Crippen molar-refractivity contribution in [3.05, 3.63) is 46.7 Å². The number of halogens is 2. The van der Waals surface area contributed by atoms with Crippen LogP contribution in [0.3, 0.4) is 0 Å². The van der Waals surface area contributed by atoms with E-state index in [1.165, 1.54) is 25.1 Å². The van der Waals surface area contributed by atoms with Crippen LogP contribution in [0, 0.1) is 24.5 Å². The van der Waals surface area contributed by atoms with Crippen LogP contribution in [-0.2, 0) is 16.6 Å². The first-order valence-electron chi connectivity index (χ1n) is 9.31. The van der Waals surface area contributed by atoms with Crippen LogP contribution in [0.25, 0.3) is 21.9 Å². The monoisotopic (exact) mass is 467 g/mol. The van der Waals surface area contributed by atoms with Gasteiger partial charge in [-0.3, -0.25) is 9.20 Å². The molecule has 0 spiro atoms. The second kappa shape index (κ2) is 8.93. The standard InChI is InChI=1S/C20H22F2N4O3S2/c1-10(2)18(23)24-20(4,9-31(27)28)17-15(22)8-16(30-17)13-7-12(5-6-14(13)21)19-26-25-11(3)29-19/h5-8,10H,9H2,1-4H3,(H2,23,24)(H,27,28)/p-1/t20-/m0/s1. The van der Waals surface area contributed by atoms with E-state index in [0.29, 0.717) is 11.5 Å². The van der Waals surface area contributed by atoms with Crippen molar-refractivity contribution in [2.75, 3.05) is 5.75 Å². The van der Waals surface area contributed by atoms with Crippen molar-refractivity contribution < 1.29 is 22.0 Å². The van der Waals surface area contributed by atoms with Crippen molar-refractivity contribution in [3.8, 4) is 21.9 Å². The summed E-state index contributed by atoms with van der Waals surface area (Å²) in [5.74, 6) is -1.14. The summed E-state index contributed by atoms with van der Waals surface area (Å²) in [6, 6.07) is 5.35. The van der Waals surface area contributed by atoms with Crippen LogP contribution >= 0.6 is 11.3 Å². The Balaban J connectivity index is 2.11. The zero-order valence-corrected chi connectivity index (χ0v) is 18.9. The van der Waals surface area contributed by atoms with Gasteiger partial charge in [-0.25, -0.2) is 8.78 Å². The minimum atomic E-state index is -2.51. The molecule has 0 aliphatic heterocycles. The van der Waals surface area contributed by atoms with E-state index in [1.54, 1.807) is 20.8 Å². The lowest BCUT2D eigenvalue weighted by molar-refractivity contribution is 0.484. The van der Waals surface area contributed by atoms with Gasteiger partial charge < -0.3 is 14.7 Å². The van der Waals surface area contributed by atoms with Crippen molar-refractivity contribution in [2.24, 2.45) is 16.6 Å². The summed E-state index contributed by atoms with van der Waals surface area (Å²) in [5, 5.41) is 7.67. The van der Waals surface area contributed by atoms with E-state index in [9.17, 15) is 17.5 Å². The van der Waals surface area contributed by atoms with Gasteiger partial charge in [-0.2, -0.15) is 0 Å². The Kier molecular flexibility index (Phi) is 6.68. The summed E-state index contributed by atoms with van der Waals surface area (Å²) in [5.41, 5.74) is 5.08. The summed E-state index contributed by atoms with van der Waals surface area (Å²) in [4.78, 5) is 4.64. The zero-order chi connectivity index (χ0) is 22.9. The molecule has 31 heavy (non-hydrogen) atoms. The Morgan fingerprint density at radius 1 is 1.32 bits per heavy atom. The van der Waals surface area contributed by atoms with E-state index >= 15 is 0 Å². The zero-order valence-electron chi connectivity index (χ0n) is 17.3. The molecule has 0 aliphatic rings. The molecule has 1 unspecified atom stereocenters. The Labute approximate surface area is 184 Å². The van der Waals surface area contributed by atoms with E-state index in [1.807, 2.05) is 0 Å². The molecule has 1 aromatic carbocycles. The molecule has 2 atom stereocenters. The molecular weight excluding hydrogens is 446 g/mol. The number of thiophene rings is 1. The van der Waals surface area contributed by atoms with Crippen molar-refractivity contribution in [2.45, 2.75) is 33.2 Å². The van der Waals surface area contributed by atoms with E-state index in [-0.39, 0.29) is 33.0 Å². The van der Waals surface area contributed by atoms with Gasteiger partial charge >= 0.3 is 0 Å². The predicted octanol–water partition coefficient (Wildman–Crippen LogP) is 4.16. The second-order valence-electron chi connectivity index (χ2n) is 7.52. The summed E-state index contributed by atoms with van der Waals surface area (Å²) in [7, 11) is 0. The maximum atomic E-state index is 15.0. The molecule has 2 aromatic heterocycles. The average molecular weight is 468 g/mol. The average Bonchev–Trinajstić information content (AvgIpc) is 3.27. The summed E-state index contributed by atoms with van der Waals surface area (Å²) < 4.78 is 57.9. The smallest absolute Gasteiger partial charge is 0.247 e. The highest BCUT2D eigenvalue weighted by Crippen LogP contribution is 2.41. The van der Waals surface area contributed by atoms with E-state index in [4.69, 9.17) is 10.2 Å². The Morgan fingerprint density at radius 3 is 2.61 bits per heavy atom. The predicted molar refractivity (Wildman–Crippen MR) is 115 cm³/mol. The maximum Gasteiger partial charge on any atom is 0.247 e. The van der Waals surface area contributed by atoms with Gasteiger partial charge in [0.1, 0.15) is 17.2 Å². The van der Waals surface area contributed by atoms with Crippen LogP contribution < -0.4 is 5.73 Å². The molecule has 0 radical (unpaired) electrons. The lowest BCUT2D eigenvalue weighted by Crippen LogP contribution is -2.32. The third-order valence-electron chi connectivity index (χ3n) is 4.55. The van der Waals surface area contributed by atoms with Crippen LogP contribution in [0.15, 0.2) is 33.7 Å². The molecule has 0 saturated carbocycles. The van der Waals surface area contributed by atoms with Crippen LogP contribution in [0.5, 0.6) is 0 Å². The van der Waals surface area contributed by atoms with E-state index in [0.717, 1.165) is 17.4 Å². The summed E-state index contributed by atoms with van der Waals surface area (Å²) in [6.07, 6.45) is 0. The van der Waals surface area contributed by atoms with Crippen LogP contribution in [0.4, 0.5) is 8.78 Å². The van der Waals surface area contributed by atoms with Gasteiger partial charge in [0.25, 0.3) is 0 Å². The number of aromatic nitrogens is 2. The molecule has 0 saturated heterocycles. The first kappa shape index (κ1) is 23.2. The minimum absolute atomic E-state index is 0.0498. The highest BCUT2D eigenvalue weighted by molar-refractivity contribution is 7.79. The number of rotatable bonds is 7. The third-order valence-corrected chi connectivity index (χ3v) is 6.74. The normalized spacial score (nSPS) is 15.3. The molecule has 166 valence electrons. The van der Waals surface area contributed by atoms with Gasteiger partial charge in [0, 0.05) is 34.6 Å². The Morgan fingerprint density at radius 2 is 2.03 bits per heavy atom. The molecule has 7 nitrogen and oxygen atoms in total. The van der Waals surface area contributed by atoms with Gasteiger partial charge in [-0.15, -0.1) is 21.5 Å². The number of aryl methyl sites for hydroxylation is 1. The summed E-state index contributed by atoms with van der Waals surface area (Å²) >= 11 is -1.59. The quantitative estimate of drug-likeness (QED) is 0.317. The molecule has 11 heteroatoms. The number of hydrogen-bond donors (Lipinski definition) is 1. The molecule has 3 rings (SSSR count). The van der Waals surface area contributed by atoms with Crippen molar-refractivity contribution in [1.29, 1.82) is 0 Å². The Bertz CT molecular complexity index is 1160. The highest BCUT2D eigenvalue weighted by Gasteiger charge is 2.33. The fourth-order valence-corrected chi connectivity index (χ4v) is 4.82. The van der Waals surface area contributed by atoms with Gasteiger partial charge in [-0.05, 0) is 31.2 Å². The van der Waals surface area contributed by atoms with Gasteiger partial charge in [0.15, 0.2) is 0 Å². The largest absolute Gasteiger partial charge is 0.772 e. The first-order chi connectivity index (χ1) is 14.5. The second-order valence-corrected chi connectivity index (χ2v) is 9.47. The van der Waals surface area contributed by atoms with Crippen molar-refractivity contribution in [3.63, 3.8) is 0 Å². The van der Waals surface area contributed by atoms with Gasteiger partial charge in [0.05, 0.1) is 10.7 Å². The Hall–Kier alpha value is -2.50. The fourth-order valence-electron chi connectivity index (χ4n) is 2.92. The minimum Gasteiger partial charge on any atom is -0.772 e. The summed E-state index contributed by atoms with van der Waals surface area (Å²) in [6.45, 7) is 6.71. The van der Waals surface area contributed by atoms with Crippen LogP contribution in [0.1, 0.15) is 31.5 Å². The fraction of sp³-hybridized carbons (Fsp3) is 0.350. The number of amidine groups is 1. The number of benzene rings is 1. The molecule has 3 aromatic rings. The SMILES string of the molecule is Cc1nnc(-c2ccc(F)c(-c3cc(F)c([C@](C)(CS(=O)[O-])N=C(N)C(C)C)s3)c2)o1. The van der Waals surface area contributed by atoms with E-state index < -0.39 is 34.0 Å². The number of hydrogen-bond acceptors (Lipinski definition) is 7. The maximum absolute atomic E-state index is 15.0. The van der Waals surface area contributed by atoms with Gasteiger partial charge in [0.2, 0.25) is 11.8 Å². The third kappa shape index (κ3) is 5.05. The lowest BCUT2D eigenvalue weighted by Gasteiger charge is -2.27. The van der Waals surface area contributed by atoms with Crippen molar-refractivity contribution in [1.82, 2.24) is 10.2 Å². The first-order valence-corrected chi connectivity index (χ1v) is 11.4. The number of nitrogens with two attached hydrogens (primary N) is 1. The molecule has 0 amide bonds. The highest BCUT2D eigenvalue weighted by atomic mass is 32.2. The van der Waals surface area contributed by atoms with Crippen molar-refractivity contribution >= 4 is 28.3 Å². The molecule has 2 heterocycles.